The van der Waals surface area contributed by atoms with Gasteiger partial charge in [-0.15, -0.1) is 11.8 Å². The molecule has 248 valence electrons. The van der Waals surface area contributed by atoms with E-state index in [1.807, 2.05) is 81.6 Å². The molecule has 0 heterocycles. The number of carbonyl (C=O) groups is 2. The van der Waals surface area contributed by atoms with Crippen LogP contribution in [-0.4, -0.2) is 56.6 Å². The number of rotatable bonds is 15. The molecule has 1 N–H and O–H groups in total. The van der Waals surface area contributed by atoms with Crippen LogP contribution < -0.4 is 14.4 Å². The van der Waals surface area contributed by atoms with Gasteiger partial charge in [0.15, 0.2) is 0 Å². The summed E-state index contributed by atoms with van der Waals surface area (Å²) >= 11 is 5.01. The van der Waals surface area contributed by atoms with E-state index >= 15 is 0 Å². The number of thioether (sulfide) groups is 1. The van der Waals surface area contributed by atoms with E-state index in [0.29, 0.717) is 12.4 Å². The molecule has 0 radical (unpaired) electrons. The van der Waals surface area contributed by atoms with Gasteiger partial charge in [0, 0.05) is 28.4 Å². The standard InChI is InChI=1S/C36H40BrN3O5S2/c1-5-45-34-17-10-9-16-32(34)40(47(43,44)31-20-18-30(46-4)19-21-31)25-35(41)39(24-28-14-11-15-29(37)22-28)33(36(42)38-26(2)3)23-27-12-7-6-8-13-27/h6-22,26,33H,5,23-25H2,1-4H3,(H,38,42). The minimum absolute atomic E-state index is 0.0336. The van der Waals surface area contributed by atoms with Gasteiger partial charge in [-0.25, -0.2) is 8.42 Å². The third kappa shape index (κ3) is 9.62. The summed E-state index contributed by atoms with van der Waals surface area (Å²) in [6, 6.07) is 29.1. The molecule has 0 aliphatic rings. The number of para-hydroxylation sites is 2. The summed E-state index contributed by atoms with van der Waals surface area (Å²) in [5.41, 5.74) is 1.87. The molecule has 0 spiro atoms. The highest BCUT2D eigenvalue weighted by molar-refractivity contribution is 9.10. The highest BCUT2D eigenvalue weighted by Crippen LogP contribution is 2.33. The number of carbonyl (C=O) groups excluding carboxylic acids is 2. The zero-order chi connectivity index (χ0) is 34.0. The van der Waals surface area contributed by atoms with Crippen molar-refractivity contribution in [1.29, 1.82) is 0 Å². The van der Waals surface area contributed by atoms with E-state index in [0.717, 1.165) is 24.8 Å². The van der Waals surface area contributed by atoms with E-state index in [9.17, 15) is 18.0 Å². The third-order valence-corrected chi connectivity index (χ3v) is 10.3. The number of sulfonamides is 1. The van der Waals surface area contributed by atoms with Gasteiger partial charge in [-0.2, -0.15) is 0 Å². The lowest BCUT2D eigenvalue weighted by molar-refractivity contribution is -0.140. The van der Waals surface area contributed by atoms with Crippen molar-refractivity contribution in [2.24, 2.45) is 0 Å². The summed E-state index contributed by atoms with van der Waals surface area (Å²) in [5, 5.41) is 2.98. The second-order valence-corrected chi connectivity index (χ2v) is 14.8. The predicted molar refractivity (Wildman–Crippen MR) is 192 cm³/mol. The highest BCUT2D eigenvalue weighted by atomic mass is 79.9. The number of benzene rings is 4. The summed E-state index contributed by atoms with van der Waals surface area (Å²) in [7, 11) is -4.26. The first-order chi connectivity index (χ1) is 22.5. The second-order valence-electron chi connectivity index (χ2n) is 11.1. The molecule has 8 nitrogen and oxygen atoms in total. The number of hydrogen-bond acceptors (Lipinski definition) is 6. The Balaban J connectivity index is 1.84. The molecule has 47 heavy (non-hydrogen) atoms. The number of hydrogen-bond donors (Lipinski definition) is 1. The van der Waals surface area contributed by atoms with Crippen LogP contribution in [0.1, 0.15) is 31.9 Å². The third-order valence-electron chi connectivity index (χ3n) is 7.30. The number of amides is 2. The topological polar surface area (TPSA) is 96.0 Å². The lowest BCUT2D eigenvalue weighted by atomic mass is 10.0. The molecule has 0 aliphatic heterocycles. The maximum absolute atomic E-state index is 14.7. The Hall–Kier alpha value is -3.80. The van der Waals surface area contributed by atoms with Crippen LogP contribution in [0.25, 0.3) is 0 Å². The van der Waals surface area contributed by atoms with Crippen molar-refractivity contribution in [2.45, 2.75) is 55.6 Å². The van der Waals surface area contributed by atoms with Gasteiger partial charge in [0.2, 0.25) is 11.8 Å². The Kier molecular flexibility index (Phi) is 12.9. The average molecular weight is 739 g/mol. The van der Waals surface area contributed by atoms with Gasteiger partial charge in [0.25, 0.3) is 10.0 Å². The van der Waals surface area contributed by atoms with Crippen LogP contribution in [0.4, 0.5) is 5.69 Å². The molecule has 0 saturated carbocycles. The van der Waals surface area contributed by atoms with Crippen molar-refractivity contribution in [1.82, 2.24) is 10.2 Å². The van der Waals surface area contributed by atoms with E-state index in [-0.39, 0.29) is 35.5 Å². The van der Waals surface area contributed by atoms with Crippen LogP contribution in [0.15, 0.2) is 117 Å². The molecule has 11 heteroatoms. The van der Waals surface area contributed by atoms with Gasteiger partial charge < -0.3 is 15.0 Å². The van der Waals surface area contributed by atoms with Crippen molar-refractivity contribution in [3.63, 3.8) is 0 Å². The van der Waals surface area contributed by atoms with Crippen molar-refractivity contribution >= 4 is 55.2 Å². The minimum atomic E-state index is -4.26. The molecule has 0 bridgehead atoms. The number of anilines is 1. The molecular weight excluding hydrogens is 698 g/mol. The lowest BCUT2D eigenvalue weighted by Gasteiger charge is -2.34. The molecule has 4 aromatic carbocycles. The Morgan fingerprint density at radius 3 is 2.19 bits per heavy atom. The summed E-state index contributed by atoms with van der Waals surface area (Å²) in [5.74, 6) is -0.548. The van der Waals surface area contributed by atoms with E-state index < -0.39 is 28.5 Å². The predicted octanol–water partition coefficient (Wildman–Crippen LogP) is 6.93. The fourth-order valence-electron chi connectivity index (χ4n) is 5.10. The zero-order valence-corrected chi connectivity index (χ0v) is 30.1. The van der Waals surface area contributed by atoms with Gasteiger partial charge in [-0.05, 0) is 86.7 Å². The summed E-state index contributed by atoms with van der Waals surface area (Å²) in [4.78, 5) is 31.0. The van der Waals surface area contributed by atoms with Crippen LogP contribution >= 0.6 is 27.7 Å². The lowest BCUT2D eigenvalue weighted by Crippen LogP contribution is -2.54. The number of halogens is 1. The average Bonchev–Trinajstić information content (AvgIpc) is 3.05. The van der Waals surface area contributed by atoms with Gasteiger partial charge >= 0.3 is 0 Å². The zero-order valence-electron chi connectivity index (χ0n) is 26.9. The van der Waals surface area contributed by atoms with E-state index in [1.165, 1.54) is 28.8 Å². The van der Waals surface area contributed by atoms with E-state index in [4.69, 9.17) is 4.74 Å². The SMILES string of the molecule is CCOc1ccccc1N(CC(=O)N(Cc1cccc(Br)c1)C(Cc1ccccc1)C(=O)NC(C)C)S(=O)(=O)c1ccc(SC)cc1. The second kappa shape index (κ2) is 16.9. The fraction of sp³-hybridized carbons (Fsp3) is 0.278. The number of nitrogens with zero attached hydrogens (tertiary/aromatic N) is 2. The molecule has 2 amide bonds. The Labute approximate surface area is 290 Å². The van der Waals surface area contributed by atoms with Crippen molar-refractivity contribution in [3.8, 4) is 5.75 Å². The van der Waals surface area contributed by atoms with Crippen LogP contribution in [0.5, 0.6) is 5.75 Å². The quantitative estimate of drug-likeness (QED) is 0.133. The van der Waals surface area contributed by atoms with E-state index in [2.05, 4.69) is 21.2 Å². The summed E-state index contributed by atoms with van der Waals surface area (Å²) in [6.45, 7) is 5.34. The first-order valence-corrected chi connectivity index (χ1v) is 18.8. The van der Waals surface area contributed by atoms with Gasteiger partial charge in [-0.1, -0.05) is 70.5 Å². The molecule has 0 saturated heterocycles. The van der Waals surface area contributed by atoms with Crippen molar-refractivity contribution in [2.75, 3.05) is 23.7 Å². The van der Waals surface area contributed by atoms with Gasteiger partial charge in [-0.3, -0.25) is 13.9 Å². The van der Waals surface area contributed by atoms with Gasteiger partial charge in [0.1, 0.15) is 18.3 Å². The molecule has 4 rings (SSSR count). The van der Waals surface area contributed by atoms with Crippen LogP contribution in [0.2, 0.25) is 0 Å². The van der Waals surface area contributed by atoms with Crippen LogP contribution in [0, 0.1) is 0 Å². The smallest absolute Gasteiger partial charge is 0.264 e. The molecular formula is C36H40BrN3O5S2. The largest absolute Gasteiger partial charge is 0.492 e. The number of nitrogens with one attached hydrogen (secondary N) is 1. The molecule has 0 fully saturated rings. The molecule has 0 aliphatic carbocycles. The monoisotopic (exact) mass is 737 g/mol. The first-order valence-electron chi connectivity index (χ1n) is 15.3. The Morgan fingerprint density at radius 2 is 1.55 bits per heavy atom. The highest BCUT2D eigenvalue weighted by Gasteiger charge is 2.35. The fourth-order valence-corrected chi connectivity index (χ4v) is 7.38. The van der Waals surface area contributed by atoms with Crippen molar-refractivity contribution in [3.05, 3.63) is 119 Å². The molecule has 1 atom stereocenters. The summed E-state index contributed by atoms with van der Waals surface area (Å²) in [6.07, 6.45) is 2.14. The Morgan fingerprint density at radius 1 is 0.894 bits per heavy atom. The molecule has 1 unspecified atom stereocenters. The van der Waals surface area contributed by atoms with E-state index in [1.54, 1.807) is 36.4 Å². The van der Waals surface area contributed by atoms with Crippen LogP contribution in [0.3, 0.4) is 0 Å². The minimum Gasteiger partial charge on any atom is -0.492 e. The maximum Gasteiger partial charge on any atom is 0.264 e. The normalized spacial score (nSPS) is 12.0. The van der Waals surface area contributed by atoms with Gasteiger partial charge in [0.05, 0.1) is 17.2 Å². The molecule has 0 aromatic heterocycles. The first kappa shape index (κ1) is 36.0. The maximum atomic E-state index is 14.7. The number of ether oxygens (including phenoxy) is 1. The van der Waals surface area contributed by atoms with Crippen LogP contribution in [-0.2, 0) is 32.6 Å². The molecule has 4 aromatic rings. The van der Waals surface area contributed by atoms with Crippen molar-refractivity contribution < 1.29 is 22.7 Å². The summed E-state index contributed by atoms with van der Waals surface area (Å²) < 4.78 is 36.5. The Bertz CT molecular complexity index is 1750.